The molecule has 0 aliphatic carbocycles. The number of amides is 11. The molecule has 3 saturated heterocycles. The first-order valence-corrected chi connectivity index (χ1v) is 33.8. The second-order valence-corrected chi connectivity index (χ2v) is 26.4. The number of phenolic OH excluding ortho intramolecular Hbond substituents is 1. The van der Waals surface area contributed by atoms with Crippen LogP contribution >= 0.6 is 11.8 Å². The van der Waals surface area contributed by atoms with E-state index in [2.05, 4.69) is 42.5 Å². The van der Waals surface area contributed by atoms with E-state index in [0.29, 0.717) is 31.2 Å². The molecule has 1 aromatic carbocycles. The minimum Gasteiger partial charge on any atom is -0.508 e. The van der Waals surface area contributed by atoms with E-state index >= 15 is 0 Å². The molecule has 11 amide bonds. The number of thioether (sulfide) groups is 1. The summed E-state index contributed by atoms with van der Waals surface area (Å²) in [5, 5.41) is 70.0. The van der Waals surface area contributed by atoms with Gasteiger partial charge in [-0.2, -0.15) is 11.8 Å². The fraction of sp³-hybridized carbons (Fsp3) is 0.683. The van der Waals surface area contributed by atoms with Crippen molar-refractivity contribution in [2.75, 3.05) is 31.6 Å². The van der Waals surface area contributed by atoms with Crippen LogP contribution in [-0.4, -0.2) is 233 Å². The van der Waals surface area contributed by atoms with Crippen LogP contribution in [-0.2, 0) is 73.5 Å². The van der Waals surface area contributed by atoms with Gasteiger partial charge in [0.1, 0.15) is 72.2 Å². The van der Waals surface area contributed by atoms with Crippen LogP contribution in [0.4, 0.5) is 0 Å². The van der Waals surface area contributed by atoms with Crippen molar-refractivity contribution >= 4 is 94.6 Å². The van der Waals surface area contributed by atoms with E-state index in [4.69, 9.17) is 10.8 Å². The lowest BCUT2D eigenvalue weighted by Gasteiger charge is -2.33. The maximum absolute atomic E-state index is 14.6. The summed E-state index contributed by atoms with van der Waals surface area (Å²) in [7, 11) is 0. The van der Waals surface area contributed by atoms with Crippen LogP contribution in [0.1, 0.15) is 144 Å². The number of phenols is 1. The minimum atomic E-state index is -1.65. The lowest BCUT2D eigenvalue weighted by molar-refractivity contribution is -0.148. The molecule has 530 valence electrons. The Balaban J connectivity index is 1.48. The molecule has 15 N–H and O–H groups in total. The molecule has 95 heavy (non-hydrogen) atoms. The number of hydrogen-bond donors (Lipinski definition) is 14. The molecule has 3 aliphatic rings. The standard InChI is InChI=1S/C63H98N12O19S/c1-10-34(6)50(71-57(87)49(64)33(4)5)58(88)70-43(30-32(2)3)61(91)73-26-11-15-45(73)56(86)72-51(36(8)76)59(89)65-35(7)60(90)75-28-13-16-46(75)62(92)74-27-12-14-44(74)55(85)67-39(21-23-47(78)79)52(82)69-42(31-37-17-19-38(77)20-18-37)54(84)66-40(25-29-95-9)53(83)68-41(63(93)94)22-24-48(80)81/h17-20,32-36,39-46,49-51,76-77H,10-16,21-31,64H2,1-9H3,(H,65,89)(H,66,84)(H,67,85)(H,68,83)(H,69,82)(H,70,88)(H,71,87)(H,72,86)(H,78,79)(H,80,81)(H,93,94)/t34-,35-,36+,39-,40-,41-,42-,43-,44-,45-,46-,49-,50-,51-/m0/s1. The fourth-order valence-electron chi connectivity index (χ4n) is 11.5. The summed E-state index contributed by atoms with van der Waals surface area (Å²) in [5.41, 5.74) is 6.47. The van der Waals surface area contributed by atoms with Gasteiger partial charge in [-0.1, -0.05) is 60.1 Å². The molecule has 0 bridgehead atoms. The second-order valence-electron chi connectivity index (χ2n) is 25.5. The van der Waals surface area contributed by atoms with Gasteiger partial charge in [0.05, 0.1) is 12.1 Å². The van der Waals surface area contributed by atoms with E-state index in [1.54, 1.807) is 27.0 Å². The minimum absolute atomic E-state index is 0.0277. The number of aliphatic carboxylic acids is 3. The van der Waals surface area contributed by atoms with Crippen molar-refractivity contribution in [3.05, 3.63) is 29.8 Å². The van der Waals surface area contributed by atoms with Crippen LogP contribution in [0, 0.1) is 17.8 Å². The molecule has 3 fully saturated rings. The summed E-state index contributed by atoms with van der Waals surface area (Å²) in [5.74, 6) is -13.4. The van der Waals surface area contributed by atoms with Crippen molar-refractivity contribution in [1.82, 2.24) is 57.2 Å². The summed E-state index contributed by atoms with van der Waals surface area (Å²) >= 11 is 1.29. The number of aliphatic hydroxyl groups is 1. The van der Waals surface area contributed by atoms with Gasteiger partial charge in [0.15, 0.2) is 0 Å². The van der Waals surface area contributed by atoms with Crippen LogP contribution in [0.2, 0.25) is 0 Å². The largest absolute Gasteiger partial charge is 0.508 e. The number of nitrogens with one attached hydrogen (secondary N) is 8. The highest BCUT2D eigenvalue weighted by molar-refractivity contribution is 7.98. The van der Waals surface area contributed by atoms with Crippen molar-refractivity contribution in [3.63, 3.8) is 0 Å². The number of nitrogens with zero attached hydrogens (tertiary/aromatic N) is 3. The highest BCUT2D eigenvalue weighted by atomic mass is 32.2. The molecule has 14 atom stereocenters. The smallest absolute Gasteiger partial charge is 0.326 e. The molecule has 0 spiro atoms. The van der Waals surface area contributed by atoms with Gasteiger partial charge in [-0.3, -0.25) is 62.3 Å². The Morgan fingerprint density at radius 2 is 1.02 bits per heavy atom. The third kappa shape index (κ3) is 23.6. The number of carboxylic acid groups (broad SMARTS) is 3. The number of benzene rings is 1. The molecule has 0 radical (unpaired) electrons. The average Bonchev–Trinajstić information content (AvgIpc) is 1.71. The Morgan fingerprint density at radius 1 is 0.547 bits per heavy atom. The SMILES string of the molecule is CC[C@H](C)[C@H](NC(=O)[C@@H](N)C(C)C)C(=O)N[C@@H](CC(C)C)C(=O)N1CCC[C@H]1C(=O)N[C@H](C(=O)N[C@@H](C)C(=O)N1CCC[C@H]1C(=O)N1CCC[C@H]1C(=O)N[C@@H](CCC(=O)O)C(=O)N[C@@H](Cc1ccc(O)cc1)C(=O)N[C@@H](CCSC)C(=O)N[C@@H](CCC(=O)O)C(=O)O)[C@@H](C)O. The van der Waals surface area contributed by atoms with Gasteiger partial charge in [-0.05, 0) is 126 Å². The highest BCUT2D eigenvalue weighted by Gasteiger charge is 2.46. The maximum Gasteiger partial charge on any atom is 0.326 e. The number of carboxylic acids is 3. The zero-order valence-corrected chi connectivity index (χ0v) is 56.4. The molecule has 32 heteroatoms. The average molecular weight is 1360 g/mol. The molecule has 4 rings (SSSR count). The molecule has 0 aromatic heterocycles. The van der Waals surface area contributed by atoms with E-state index < -0.39 is 187 Å². The van der Waals surface area contributed by atoms with Crippen LogP contribution in [0.3, 0.4) is 0 Å². The van der Waals surface area contributed by atoms with E-state index in [1.165, 1.54) is 64.6 Å². The summed E-state index contributed by atoms with van der Waals surface area (Å²) in [6, 6.07) is -10.3. The van der Waals surface area contributed by atoms with Crippen LogP contribution in [0.25, 0.3) is 0 Å². The van der Waals surface area contributed by atoms with Crippen LogP contribution in [0.5, 0.6) is 5.75 Å². The van der Waals surface area contributed by atoms with Crippen molar-refractivity contribution < 1.29 is 92.7 Å². The number of hydrogen-bond acceptors (Lipinski definition) is 18. The molecular weight excluding hydrogens is 1260 g/mol. The molecule has 0 saturated carbocycles. The Morgan fingerprint density at radius 3 is 1.55 bits per heavy atom. The predicted octanol–water partition coefficient (Wildman–Crippen LogP) is -1.17. The van der Waals surface area contributed by atoms with Gasteiger partial charge in [0.2, 0.25) is 65.0 Å². The van der Waals surface area contributed by atoms with Crippen LogP contribution < -0.4 is 48.3 Å². The van der Waals surface area contributed by atoms with Gasteiger partial charge < -0.3 is 88.5 Å². The van der Waals surface area contributed by atoms with Gasteiger partial charge in [-0.15, -0.1) is 0 Å². The van der Waals surface area contributed by atoms with Gasteiger partial charge >= 0.3 is 17.9 Å². The Bertz CT molecular complexity index is 2900. The lowest BCUT2D eigenvalue weighted by Crippen LogP contribution is -2.61. The van der Waals surface area contributed by atoms with Crippen molar-refractivity contribution in [2.24, 2.45) is 23.5 Å². The molecule has 3 heterocycles. The van der Waals surface area contributed by atoms with Gasteiger partial charge in [-0.25, -0.2) is 4.79 Å². The predicted molar refractivity (Wildman–Crippen MR) is 345 cm³/mol. The number of aliphatic hydroxyl groups excluding tert-OH is 1. The highest BCUT2D eigenvalue weighted by Crippen LogP contribution is 2.27. The number of rotatable bonds is 37. The van der Waals surface area contributed by atoms with Crippen molar-refractivity contribution in [1.29, 1.82) is 0 Å². The quantitative estimate of drug-likeness (QED) is 0.0373. The number of carbonyl (C=O) groups is 14. The van der Waals surface area contributed by atoms with Crippen LogP contribution in [0.15, 0.2) is 24.3 Å². The van der Waals surface area contributed by atoms with Gasteiger partial charge in [0, 0.05) is 38.9 Å². The molecule has 3 aliphatic heterocycles. The molecular formula is C63H98N12O19S. The summed E-state index contributed by atoms with van der Waals surface area (Å²) < 4.78 is 0. The number of nitrogens with two attached hydrogens (primary N) is 1. The van der Waals surface area contributed by atoms with E-state index in [9.17, 15) is 87.5 Å². The van der Waals surface area contributed by atoms with Crippen molar-refractivity contribution in [2.45, 2.75) is 224 Å². The Hall–Kier alpha value is -8.13. The Kier molecular flexibility index (Phi) is 31.6. The first kappa shape index (κ1) is 79.3. The normalized spacial score (nSPS) is 19.7. The first-order chi connectivity index (χ1) is 44.7. The third-order valence-corrected chi connectivity index (χ3v) is 17.9. The van der Waals surface area contributed by atoms with E-state index in [-0.39, 0.29) is 87.4 Å². The lowest BCUT2D eigenvalue weighted by atomic mass is 9.95. The number of aromatic hydroxyl groups is 1. The maximum atomic E-state index is 14.6. The van der Waals surface area contributed by atoms with E-state index in [0.717, 1.165) is 0 Å². The number of carbonyl (C=O) groups excluding carboxylic acids is 11. The topological polar surface area (TPSA) is 472 Å². The zero-order valence-electron chi connectivity index (χ0n) is 55.6. The van der Waals surface area contributed by atoms with E-state index in [1.807, 2.05) is 20.8 Å². The summed E-state index contributed by atoms with van der Waals surface area (Å²) in [6.07, 6.45) is -0.363. The molecule has 0 unspecified atom stereocenters. The monoisotopic (exact) mass is 1360 g/mol. The molecule has 1 aromatic rings. The van der Waals surface area contributed by atoms with Gasteiger partial charge in [0.25, 0.3) is 0 Å². The summed E-state index contributed by atoms with van der Waals surface area (Å²) in [4.78, 5) is 194. The number of likely N-dealkylation sites (tertiary alicyclic amines) is 3. The summed E-state index contributed by atoms with van der Waals surface area (Å²) in [6.45, 7) is 13.7. The zero-order chi connectivity index (χ0) is 71.1. The van der Waals surface area contributed by atoms with Crippen molar-refractivity contribution in [3.8, 4) is 5.75 Å². The third-order valence-electron chi connectivity index (χ3n) is 17.2. The first-order valence-electron chi connectivity index (χ1n) is 32.4. The fourth-order valence-corrected chi connectivity index (χ4v) is 12.0. The Labute approximate surface area is 557 Å². The second kappa shape index (κ2) is 37.8. The molecule has 31 nitrogen and oxygen atoms in total.